The smallest absolute Gasteiger partial charge is 0.387 e. The van der Waals surface area contributed by atoms with Gasteiger partial charge in [0.1, 0.15) is 0 Å². The van der Waals surface area contributed by atoms with E-state index in [1.807, 2.05) is 0 Å². The Labute approximate surface area is 155 Å². The quantitative estimate of drug-likeness (QED) is 0.743. The molecule has 3 N–H and O–H groups in total. The predicted octanol–water partition coefficient (Wildman–Crippen LogP) is 2.76. The second-order valence-corrected chi connectivity index (χ2v) is 6.95. The molecule has 2 rings (SSSR count). The van der Waals surface area contributed by atoms with Crippen LogP contribution < -0.4 is 19.9 Å². The number of alkyl halides is 2. The van der Waals surface area contributed by atoms with Crippen molar-refractivity contribution in [3.63, 3.8) is 0 Å². The van der Waals surface area contributed by atoms with Crippen LogP contribution in [0.5, 0.6) is 11.5 Å². The van der Waals surface area contributed by atoms with E-state index >= 15 is 0 Å². The number of carbonyl (C=O) groups is 1. The number of halogens is 2. The van der Waals surface area contributed by atoms with Crippen molar-refractivity contribution in [1.29, 1.82) is 0 Å². The molecule has 2 aromatic carbocycles. The molecule has 10 heteroatoms. The molecule has 27 heavy (non-hydrogen) atoms. The monoisotopic (exact) mass is 400 g/mol. The Morgan fingerprint density at radius 1 is 1.19 bits per heavy atom. The van der Waals surface area contributed by atoms with Crippen LogP contribution in [0.1, 0.15) is 22.8 Å². The first-order chi connectivity index (χ1) is 12.7. The van der Waals surface area contributed by atoms with Crippen LogP contribution in [-0.2, 0) is 16.4 Å². The molecule has 1 amide bonds. The summed E-state index contributed by atoms with van der Waals surface area (Å²) in [5.41, 5.74) is 0.712. The minimum Gasteiger partial charge on any atom is -0.493 e. The van der Waals surface area contributed by atoms with Gasteiger partial charge in [-0.2, -0.15) is 8.78 Å². The lowest BCUT2D eigenvalue weighted by Gasteiger charge is -2.13. The number of nitrogens with one attached hydrogen (secondary N) is 1. The van der Waals surface area contributed by atoms with E-state index in [0.29, 0.717) is 12.0 Å². The number of methoxy groups -OCH3 is 1. The fraction of sp³-hybridized carbons (Fsp3) is 0.235. The number of hydrogen-bond donors (Lipinski definition) is 2. The summed E-state index contributed by atoms with van der Waals surface area (Å²) in [5, 5.41) is 7.70. The number of benzene rings is 2. The Balaban J connectivity index is 2.32. The lowest BCUT2D eigenvalue weighted by Crippen LogP contribution is -2.17. The van der Waals surface area contributed by atoms with E-state index in [0.717, 1.165) is 6.07 Å². The van der Waals surface area contributed by atoms with Gasteiger partial charge in [0.05, 0.1) is 12.0 Å². The summed E-state index contributed by atoms with van der Waals surface area (Å²) in [7, 11) is -2.69. The van der Waals surface area contributed by atoms with Gasteiger partial charge in [0.15, 0.2) is 11.5 Å². The third kappa shape index (κ3) is 5.14. The Morgan fingerprint density at radius 3 is 2.44 bits per heavy atom. The Kier molecular flexibility index (Phi) is 6.34. The molecule has 0 spiro atoms. The molecule has 0 unspecified atom stereocenters. The maximum absolute atomic E-state index is 12.5. The van der Waals surface area contributed by atoms with Gasteiger partial charge < -0.3 is 14.8 Å². The maximum Gasteiger partial charge on any atom is 0.387 e. The van der Waals surface area contributed by atoms with E-state index < -0.39 is 22.5 Å². The molecular weight excluding hydrogens is 382 g/mol. The van der Waals surface area contributed by atoms with Gasteiger partial charge in [-0.3, -0.25) is 4.79 Å². The van der Waals surface area contributed by atoms with E-state index in [4.69, 9.17) is 9.88 Å². The highest BCUT2D eigenvalue weighted by Gasteiger charge is 2.17. The van der Waals surface area contributed by atoms with Gasteiger partial charge in [0.2, 0.25) is 10.0 Å². The van der Waals surface area contributed by atoms with Gasteiger partial charge in [-0.15, -0.1) is 0 Å². The summed E-state index contributed by atoms with van der Waals surface area (Å²) in [5.74, 6) is -0.913. The summed E-state index contributed by atoms with van der Waals surface area (Å²) < 4.78 is 57.6. The summed E-state index contributed by atoms with van der Waals surface area (Å²) in [6, 6.07) is 8.06. The average Bonchev–Trinajstić information content (AvgIpc) is 2.60. The third-order valence-corrected chi connectivity index (χ3v) is 4.65. The molecule has 0 atom stereocenters. The van der Waals surface area contributed by atoms with Crippen LogP contribution in [0.3, 0.4) is 0 Å². The minimum atomic E-state index is -3.97. The zero-order valence-corrected chi connectivity index (χ0v) is 15.3. The predicted molar refractivity (Wildman–Crippen MR) is 94.8 cm³/mol. The highest BCUT2D eigenvalue weighted by atomic mass is 32.2. The largest absolute Gasteiger partial charge is 0.493 e. The SMILES string of the molecule is CCc1ccc(NC(=O)c2ccc(OC)c(OC(F)F)c2)cc1S(N)(=O)=O. The lowest BCUT2D eigenvalue weighted by atomic mass is 10.1. The first-order valence-corrected chi connectivity index (χ1v) is 9.30. The summed E-state index contributed by atoms with van der Waals surface area (Å²) >= 11 is 0. The van der Waals surface area contributed by atoms with Crippen molar-refractivity contribution in [3.8, 4) is 11.5 Å². The number of aryl methyl sites for hydroxylation is 1. The Bertz CT molecular complexity index is 948. The number of rotatable bonds is 7. The van der Waals surface area contributed by atoms with Crippen molar-refractivity contribution >= 4 is 21.6 Å². The van der Waals surface area contributed by atoms with Crippen LogP contribution in [0.25, 0.3) is 0 Å². The molecule has 0 heterocycles. The van der Waals surface area contributed by atoms with Crippen molar-refractivity contribution in [3.05, 3.63) is 47.5 Å². The normalized spacial score (nSPS) is 11.3. The van der Waals surface area contributed by atoms with Crippen LogP contribution in [0.2, 0.25) is 0 Å². The highest BCUT2D eigenvalue weighted by Crippen LogP contribution is 2.30. The van der Waals surface area contributed by atoms with Gasteiger partial charge >= 0.3 is 6.61 Å². The highest BCUT2D eigenvalue weighted by molar-refractivity contribution is 7.89. The molecule has 0 radical (unpaired) electrons. The van der Waals surface area contributed by atoms with Crippen LogP contribution in [0.15, 0.2) is 41.3 Å². The first-order valence-electron chi connectivity index (χ1n) is 7.75. The molecule has 146 valence electrons. The molecule has 2 aromatic rings. The van der Waals surface area contributed by atoms with Crippen molar-refractivity contribution in [1.82, 2.24) is 0 Å². The lowest BCUT2D eigenvalue weighted by molar-refractivity contribution is -0.0512. The average molecular weight is 400 g/mol. The van der Waals surface area contributed by atoms with E-state index in [9.17, 15) is 22.0 Å². The molecular formula is C17H18F2N2O5S. The summed E-state index contributed by atoms with van der Waals surface area (Å²) in [4.78, 5) is 12.3. The first kappa shape index (κ1) is 20.6. The number of ether oxygens (including phenoxy) is 2. The minimum absolute atomic E-state index is 0.0168. The Hall–Kier alpha value is -2.72. The third-order valence-electron chi connectivity index (χ3n) is 3.65. The molecule has 0 aliphatic carbocycles. The van der Waals surface area contributed by atoms with Gasteiger partial charge in [0, 0.05) is 11.3 Å². The second kappa shape index (κ2) is 8.31. The van der Waals surface area contributed by atoms with Crippen LogP contribution in [0.4, 0.5) is 14.5 Å². The van der Waals surface area contributed by atoms with Gasteiger partial charge in [-0.05, 0) is 42.3 Å². The Morgan fingerprint density at radius 2 is 1.89 bits per heavy atom. The van der Waals surface area contributed by atoms with Crippen LogP contribution in [-0.4, -0.2) is 28.0 Å². The molecule has 0 aliphatic rings. The fourth-order valence-corrected chi connectivity index (χ4v) is 3.27. The molecule has 0 saturated carbocycles. The summed E-state index contributed by atoms with van der Waals surface area (Å²) in [6.45, 7) is -1.32. The van der Waals surface area contributed by atoms with Crippen molar-refractivity contribution in [2.24, 2.45) is 5.14 Å². The maximum atomic E-state index is 12.5. The van der Waals surface area contributed by atoms with Gasteiger partial charge in [-0.1, -0.05) is 13.0 Å². The molecule has 0 bridgehead atoms. The van der Waals surface area contributed by atoms with Crippen molar-refractivity contribution in [2.75, 3.05) is 12.4 Å². The molecule has 0 fully saturated rings. The fourth-order valence-electron chi connectivity index (χ4n) is 2.40. The van der Waals surface area contributed by atoms with Gasteiger partial charge in [0.25, 0.3) is 5.91 Å². The standard InChI is InChI=1S/C17H18F2N2O5S/c1-3-10-4-6-12(9-15(10)27(20,23)24)21-16(22)11-5-7-13(25-2)14(8-11)26-17(18)19/h4-9,17H,3H2,1-2H3,(H,21,22)(H2,20,23,24). The number of anilines is 1. The molecule has 0 aromatic heterocycles. The number of hydrogen-bond acceptors (Lipinski definition) is 5. The topological polar surface area (TPSA) is 108 Å². The number of nitrogens with two attached hydrogens (primary N) is 1. The van der Waals surface area contributed by atoms with E-state index in [1.54, 1.807) is 6.92 Å². The van der Waals surface area contributed by atoms with E-state index in [-0.39, 0.29) is 27.6 Å². The second-order valence-electron chi connectivity index (χ2n) is 5.42. The van der Waals surface area contributed by atoms with Gasteiger partial charge in [-0.25, -0.2) is 13.6 Å². The number of amides is 1. The van der Waals surface area contributed by atoms with E-state index in [2.05, 4.69) is 10.1 Å². The van der Waals surface area contributed by atoms with Crippen LogP contribution in [0, 0.1) is 0 Å². The number of primary sulfonamides is 1. The number of sulfonamides is 1. The van der Waals surface area contributed by atoms with Crippen molar-refractivity contribution in [2.45, 2.75) is 24.9 Å². The zero-order valence-electron chi connectivity index (χ0n) is 14.5. The summed E-state index contributed by atoms with van der Waals surface area (Å²) in [6.07, 6.45) is 0.437. The van der Waals surface area contributed by atoms with Crippen molar-refractivity contribution < 1.29 is 31.5 Å². The molecule has 7 nitrogen and oxygen atoms in total. The van der Waals surface area contributed by atoms with Crippen LogP contribution >= 0.6 is 0 Å². The zero-order chi connectivity index (χ0) is 20.2. The molecule has 0 aliphatic heterocycles. The van der Waals surface area contributed by atoms with E-state index in [1.165, 1.54) is 37.4 Å². The molecule has 0 saturated heterocycles. The number of carbonyl (C=O) groups excluding carboxylic acids is 1.